The molecule has 3 aromatic rings. The lowest BCUT2D eigenvalue weighted by molar-refractivity contribution is -0.137. The summed E-state index contributed by atoms with van der Waals surface area (Å²) in [6.45, 7) is 1.86. The number of aryl methyl sites for hydroxylation is 1. The fourth-order valence-corrected chi connectivity index (χ4v) is 5.84. The lowest BCUT2D eigenvalue weighted by atomic mass is 10.0. The number of carbonyl (C=O) groups is 2. The molecule has 0 aliphatic carbocycles. The van der Waals surface area contributed by atoms with Crippen molar-refractivity contribution in [1.82, 2.24) is 15.4 Å². The zero-order valence-corrected chi connectivity index (χ0v) is 22.8. The Bertz CT molecular complexity index is 1400. The summed E-state index contributed by atoms with van der Waals surface area (Å²) >= 11 is 1.46. The van der Waals surface area contributed by atoms with Crippen molar-refractivity contribution < 1.29 is 32.6 Å². The summed E-state index contributed by atoms with van der Waals surface area (Å²) in [5, 5.41) is 14.9. The van der Waals surface area contributed by atoms with E-state index >= 15 is 0 Å². The van der Waals surface area contributed by atoms with Crippen LogP contribution in [-0.4, -0.2) is 50.7 Å². The molecule has 1 heterocycles. The lowest BCUT2D eigenvalue weighted by Crippen LogP contribution is -2.49. The van der Waals surface area contributed by atoms with Gasteiger partial charge in [0.2, 0.25) is 16.8 Å². The van der Waals surface area contributed by atoms with Crippen LogP contribution in [0.3, 0.4) is 0 Å². The molecule has 2 amide bonds. The molecule has 1 aliphatic rings. The quantitative estimate of drug-likeness (QED) is 0.241. The highest BCUT2D eigenvalue weighted by molar-refractivity contribution is 7.99. The van der Waals surface area contributed by atoms with Crippen molar-refractivity contribution in [3.63, 3.8) is 0 Å². The average Bonchev–Trinajstić information content (AvgIpc) is 3.38. The van der Waals surface area contributed by atoms with E-state index in [0.717, 1.165) is 10.5 Å². The maximum Gasteiger partial charge on any atom is 0.315 e. The first-order valence-corrected chi connectivity index (χ1v) is 14.6. The number of thioether (sulfide) groups is 1. The molecular formula is C27H29N3O7S2. The minimum Gasteiger partial charge on any atom is -0.481 e. The number of sulfonamides is 1. The topological polar surface area (TPSA) is 143 Å². The summed E-state index contributed by atoms with van der Waals surface area (Å²) in [6.07, 6.45) is -0.365. The number of aliphatic carboxylic acids is 1. The molecule has 12 heteroatoms. The molecule has 1 aliphatic heterocycles. The molecule has 3 aromatic carbocycles. The Hall–Kier alpha value is -3.74. The molecule has 0 saturated heterocycles. The van der Waals surface area contributed by atoms with Crippen LogP contribution in [0, 0.1) is 6.92 Å². The van der Waals surface area contributed by atoms with E-state index in [2.05, 4.69) is 15.4 Å². The summed E-state index contributed by atoms with van der Waals surface area (Å²) in [5.41, 5.74) is 1.47. The van der Waals surface area contributed by atoms with Crippen LogP contribution in [0.4, 0.5) is 4.79 Å². The molecule has 39 heavy (non-hydrogen) atoms. The van der Waals surface area contributed by atoms with Crippen molar-refractivity contribution in [2.75, 3.05) is 19.1 Å². The summed E-state index contributed by atoms with van der Waals surface area (Å²) < 4.78 is 39.0. The molecule has 4 N–H and O–H groups in total. The number of benzene rings is 3. The number of hydrogen-bond acceptors (Lipinski definition) is 7. The van der Waals surface area contributed by atoms with Crippen molar-refractivity contribution in [2.24, 2.45) is 0 Å². The molecule has 0 aromatic heterocycles. The van der Waals surface area contributed by atoms with Gasteiger partial charge in [-0.2, -0.15) is 0 Å². The molecule has 0 saturated carbocycles. The van der Waals surface area contributed by atoms with E-state index in [0.29, 0.717) is 22.8 Å². The number of rotatable bonds is 12. The molecule has 4 rings (SSSR count). The monoisotopic (exact) mass is 571 g/mol. The zero-order chi connectivity index (χ0) is 27.8. The van der Waals surface area contributed by atoms with Gasteiger partial charge < -0.3 is 25.2 Å². The number of fused-ring (bicyclic) bond motifs is 1. The number of nitrogens with one attached hydrogen (secondary N) is 3. The van der Waals surface area contributed by atoms with Gasteiger partial charge in [-0.05, 0) is 48.9 Å². The van der Waals surface area contributed by atoms with Gasteiger partial charge in [-0.3, -0.25) is 4.79 Å². The third-order valence-electron chi connectivity index (χ3n) is 5.86. The van der Waals surface area contributed by atoms with Gasteiger partial charge in [0.05, 0.1) is 23.4 Å². The van der Waals surface area contributed by atoms with Crippen LogP contribution >= 0.6 is 11.8 Å². The summed E-state index contributed by atoms with van der Waals surface area (Å²) in [5.74, 6) is 0.269. The average molecular weight is 572 g/mol. The highest BCUT2D eigenvalue weighted by atomic mass is 32.2. The minimum atomic E-state index is -3.81. The van der Waals surface area contributed by atoms with Crippen molar-refractivity contribution >= 4 is 33.8 Å². The Morgan fingerprint density at radius 3 is 2.41 bits per heavy atom. The van der Waals surface area contributed by atoms with E-state index in [1.165, 1.54) is 23.9 Å². The predicted octanol–water partition coefficient (Wildman–Crippen LogP) is 3.68. The number of urea groups is 1. The molecule has 0 spiro atoms. The van der Waals surface area contributed by atoms with Crippen molar-refractivity contribution in [3.05, 3.63) is 83.9 Å². The summed E-state index contributed by atoms with van der Waals surface area (Å²) in [6, 6.07) is 18.8. The molecule has 0 fully saturated rings. The van der Waals surface area contributed by atoms with Gasteiger partial charge in [-0.25, -0.2) is 17.9 Å². The second-order valence-electron chi connectivity index (χ2n) is 8.87. The van der Waals surface area contributed by atoms with Gasteiger partial charge in [-0.15, -0.1) is 11.8 Å². The Morgan fingerprint density at radius 1 is 0.974 bits per heavy atom. The number of amides is 2. The van der Waals surface area contributed by atoms with Crippen LogP contribution in [0.5, 0.6) is 11.5 Å². The minimum absolute atomic E-state index is 0.0650. The maximum atomic E-state index is 13.0. The van der Waals surface area contributed by atoms with Crippen LogP contribution in [0.15, 0.2) is 82.6 Å². The summed E-state index contributed by atoms with van der Waals surface area (Å²) in [7, 11) is -3.81. The van der Waals surface area contributed by atoms with E-state index < -0.39 is 34.1 Å². The Labute approximate surface area is 231 Å². The first-order valence-electron chi connectivity index (χ1n) is 12.1. The van der Waals surface area contributed by atoms with Crippen molar-refractivity contribution in [3.8, 4) is 11.5 Å². The van der Waals surface area contributed by atoms with Gasteiger partial charge in [0.15, 0.2) is 11.5 Å². The highest BCUT2D eigenvalue weighted by Crippen LogP contribution is 2.34. The Kier molecular flexibility index (Phi) is 9.33. The third-order valence-corrected chi connectivity index (χ3v) is 8.48. The molecule has 0 unspecified atom stereocenters. The Balaban J connectivity index is 1.46. The second kappa shape index (κ2) is 12.9. The number of carboxylic acid groups (broad SMARTS) is 1. The maximum absolute atomic E-state index is 13.0. The molecule has 0 radical (unpaired) electrons. The molecule has 2 atom stereocenters. The van der Waals surface area contributed by atoms with Gasteiger partial charge in [0.1, 0.15) is 0 Å². The standard InChI is InChI=1S/C27H29N3O7S2/c1-18-7-10-22(11-8-18)39(34,35)28-15-20(16-38-21-5-3-2-4-6-21)29-27(33)30-23(14-26(31)32)19-9-12-24-25(13-19)37-17-36-24/h2-13,20,23,28H,14-17H2,1H3,(H,31,32)(H2,29,30,33)/t20-,23-/m0/s1. The molecule has 206 valence electrons. The van der Waals surface area contributed by atoms with Crippen LogP contribution < -0.4 is 24.8 Å². The van der Waals surface area contributed by atoms with Crippen molar-refractivity contribution in [1.29, 1.82) is 0 Å². The number of carbonyl (C=O) groups excluding carboxylic acids is 1. The van der Waals surface area contributed by atoms with E-state index in [1.807, 2.05) is 37.3 Å². The van der Waals surface area contributed by atoms with Gasteiger partial charge in [-0.1, -0.05) is 42.0 Å². The molecular weight excluding hydrogens is 542 g/mol. The normalized spacial score (nSPS) is 13.9. The smallest absolute Gasteiger partial charge is 0.315 e. The molecule has 10 nitrogen and oxygen atoms in total. The zero-order valence-electron chi connectivity index (χ0n) is 21.1. The van der Waals surface area contributed by atoms with E-state index in [4.69, 9.17) is 9.47 Å². The van der Waals surface area contributed by atoms with Gasteiger partial charge in [0, 0.05) is 17.2 Å². The number of ether oxygens (including phenoxy) is 2. The fraction of sp³-hybridized carbons (Fsp3) is 0.259. The lowest BCUT2D eigenvalue weighted by Gasteiger charge is -2.23. The van der Waals surface area contributed by atoms with Crippen LogP contribution in [0.1, 0.15) is 23.6 Å². The van der Waals surface area contributed by atoms with E-state index in [1.54, 1.807) is 30.3 Å². The fourth-order valence-electron chi connectivity index (χ4n) is 3.82. The van der Waals surface area contributed by atoms with Gasteiger partial charge in [0.25, 0.3) is 0 Å². The van der Waals surface area contributed by atoms with Crippen molar-refractivity contribution in [2.45, 2.75) is 35.2 Å². The highest BCUT2D eigenvalue weighted by Gasteiger charge is 2.24. The predicted molar refractivity (Wildman–Crippen MR) is 147 cm³/mol. The summed E-state index contributed by atoms with van der Waals surface area (Å²) in [4.78, 5) is 25.7. The van der Waals surface area contributed by atoms with E-state index in [9.17, 15) is 23.1 Å². The second-order valence-corrected chi connectivity index (χ2v) is 11.7. The number of hydrogen-bond donors (Lipinski definition) is 4. The SMILES string of the molecule is Cc1ccc(S(=O)(=O)NC[C@@H](CSc2ccccc2)NC(=O)N[C@@H](CC(=O)O)c2ccc3c(c2)OCO3)cc1. The first-order chi connectivity index (χ1) is 18.7. The first kappa shape index (κ1) is 28.3. The van der Waals surface area contributed by atoms with Crippen LogP contribution in [0.25, 0.3) is 0 Å². The van der Waals surface area contributed by atoms with E-state index in [-0.39, 0.29) is 24.7 Å². The third kappa shape index (κ3) is 8.12. The molecule has 0 bridgehead atoms. The largest absolute Gasteiger partial charge is 0.481 e. The van der Waals surface area contributed by atoms with Crippen LogP contribution in [0.2, 0.25) is 0 Å². The van der Waals surface area contributed by atoms with Gasteiger partial charge >= 0.3 is 12.0 Å². The Morgan fingerprint density at radius 2 is 1.69 bits per heavy atom. The van der Waals surface area contributed by atoms with Crippen LogP contribution in [-0.2, 0) is 14.8 Å². The number of carboxylic acids is 1.